The molecule has 0 saturated heterocycles. The maximum atomic E-state index is 9.70. The van der Waals surface area contributed by atoms with Crippen molar-refractivity contribution in [2.75, 3.05) is 20.3 Å². The van der Waals surface area contributed by atoms with Crippen LogP contribution in [0, 0.1) is 0 Å². The van der Waals surface area contributed by atoms with Crippen LogP contribution in [0.3, 0.4) is 0 Å². The van der Waals surface area contributed by atoms with Crippen molar-refractivity contribution in [2.45, 2.75) is 6.42 Å². The van der Waals surface area contributed by atoms with E-state index >= 15 is 0 Å². The Kier molecular flexibility index (Phi) is 4.91. The minimum atomic E-state index is -1.23. The fourth-order valence-corrected chi connectivity index (χ4v) is 0.363. The lowest BCUT2D eigenvalue weighted by atomic mass is 10.5. The van der Waals surface area contributed by atoms with E-state index in [9.17, 15) is 4.79 Å². The molecule has 0 rings (SSSR count). The van der Waals surface area contributed by atoms with Crippen molar-refractivity contribution >= 4 is 6.16 Å². The molecule has 0 atom stereocenters. The molecule has 4 nitrogen and oxygen atoms in total. The molecule has 0 unspecified atom stereocenters. The number of hydrogen-bond acceptors (Lipinski definition) is 3. The first-order valence-corrected chi connectivity index (χ1v) is 2.62. The first-order valence-electron chi connectivity index (χ1n) is 2.62. The molecule has 0 heterocycles. The molecule has 0 bridgehead atoms. The largest absolute Gasteiger partial charge is 0.505 e. The second-order valence-electron chi connectivity index (χ2n) is 1.46. The number of carbonyl (C=O) groups is 1. The Labute approximate surface area is 53.4 Å². The molecule has 0 aliphatic heterocycles. The van der Waals surface area contributed by atoms with E-state index in [1.807, 2.05) is 0 Å². The highest BCUT2D eigenvalue weighted by molar-refractivity contribution is 5.56. The van der Waals surface area contributed by atoms with E-state index in [2.05, 4.69) is 9.47 Å². The van der Waals surface area contributed by atoms with Crippen LogP contribution in [-0.4, -0.2) is 31.6 Å². The highest BCUT2D eigenvalue weighted by Crippen LogP contribution is 1.82. The summed E-state index contributed by atoms with van der Waals surface area (Å²) in [5, 5.41) is 7.95. The number of methoxy groups -OCH3 is 1. The van der Waals surface area contributed by atoms with Crippen LogP contribution >= 0.6 is 0 Å². The van der Waals surface area contributed by atoms with Gasteiger partial charge in [-0.2, -0.15) is 0 Å². The molecule has 0 aromatic carbocycles. The summed E-state index contributed by atoms with van der Waals surface area (Å²) in [6.07, 6.45) is -0.617. The van der Waals surface area contributed by atoms with Crippen molar-refractivity contribution in [1.29, 1.82) is 0 Å². The minimum absolute atomic E-state index is 0.211. The fraction of sp³-hybridized carbons (Fsp3) is 0.800. The minimum Gasteiger partial charge on any atom is -0.450 e. The van der Waals surface area contributed by atoms with Crippen molar-refractivity contribution in [3.63, 3.8) is 0 Å². The van der Waals surface area contributed by atoms with Crippen LogP contribution < -0.4 is 0 Å². The van der Waals surface area contributed by atoms with Crippen molar-refractivity contribution in [3.05, 3.63) is 0 Å². The van der Waals surface area contributed by atoms with E-state index < -0.39 is 6.16 Å². The van der Waals surface area contributed by atoms with E-state index in [4.69, 9.17) is 5.11 Å². The summed E-state index contributed by atoms with van der Waals surface area (Å²) in [4.78, 5) is 9.70. The van der Waals surface area contributed by atoms with Gasteiger partial charge in [-0.15, -0.1) is 0 Å². The normalized spacial score (nSPS) is 9.00. The smallest absolute Gasteiger partial charge is 0.450 e. The van der Waals surface area contributed by atoms with Crippen LogP contribution in [0.5, 0.6) is 0 Å². The lowest BCUT2D eigenvalue weighted by molar-refractivity contribution is 0.0810. The van der Waals surface area contributed by atoms with Crippen LogP contribution in [0.25, 0.3) is 0 Å². The number of rotatable bonds is 4. The van der Waals surface area contributed by atoms with Crippen molar-refractivity contribution in [3.8, 4) is 0 Å². The third kappa shape index (κ3) is 7.23. The molecule has 0 saturated carbocycles. The molecule has 0 aliphatic rings. The predicted octanol–water partition coefficient (Wildman–Crippen LogP) is 0.718. The Morgan fingerprint density at radius 2 is 2.22 bits per heavy atom. The van der Waals surface area contributed by atoms with Gasteiger partial charge in [-0.25, -0.2) is 4.79 Å². The summed E-state index contributed by atoms with van der Waals surface area (Å²) in [5.74, 6) is 0. The van der Waals surface area contributed by atoms with E-state index in [-0.39, 0.29) is 6.61 Å². The van der Waals surface area contributed by atoms with Gasteiger partial charge in [0.2, 0.25) is 0 Å². The maximum absolute atomic E-state index is 9.70. The monoisotopic (exact) mass is 134 g/mol. The summed E-state index contributed by atoms with van der Waals surface area (Å²) >= 11 is 0. The Bertz CT molecular complexity index is 81.0. The SMILES string of the molecule is COCCCOC(=O)O. The van der Waals surface area contributed by atoms with Gasteiger partial charge in [0.25, 0.3) is 0 Å². The van der Waals surface area contributed by atoms with Crippen molar-refractivity contribution in [2.24, 2.45) is 0 Å². The zero-order chi connectivity index (χ0) is 7.11. The Balaban J connectivity index is 2.83. The first kappa shape index (κ1) is 8.23. The fourth-order valence-electron chi connectivity index (χ4n) is 0.363. The predicted molar refractivity (Wildman–Crippen MR) is 30.5 cm³/mol. The lowest BCUT2D eigenvalue weighted by Crippen LogP contribution is -2.03. The topological polar surface area (TPSA) is 55.8 Å². The molecule has 0 aromatic heterocycles. The lowest BCUT2D eigenvalue weighted by Gasteiger charge is -1.97. The quantitative estimate of drug-likeness (QED) is 0.454. The molecule has 0 aliphatic carbocycles. The third-order valence-corrected chi connectivity index (χ3v) is 0.718. The van der Waals surface area contributed by atoms with Crippen LogP contribution in [0.2, 0.25) is 0 Å². The van der Waals surface area contributed by atoms with Gasteiger partial charge in [-0.3, -0.25) is 0 Å². The summed E-state index contributed by atoms with van der Waals surface area (Å²) in [6.45, 7) is 0.746. The molecule has 1 N–H and O–H groups in total. The molecule has 0 radical (unpaired) electrons. The molecule has 0 spiro atoms. The molecular weight excluding hydrogens is 124 g/mol. The van der Waals surface area contributed by atoms with Crippen molar-refractivity contribution < 1.29 is 19.4 Å². The maximum Gasteiger partial charge on any atom is 0.505 e. The molecular formula is C5H10O4. The summed E-state index contributed by atoms with van der Waals surface area (Å²) < 4.78 is 8.83. The van der Waals surface area contributed by atoms with Crippen LogP contribution in [0.1, 0.15) is 6.42 Å². The van der Waals surface area contributed by atoms with E-state index in [0.29, 0.717) is 13.0 Å². The van der Waals surface area contributed by atoms with Crippen LogP contribution in [-0.2, 0) is 9.47 Å². The van der Waals surface area contributed by atoms with Gasteiger partial charge in [0.1, 0.15) is 0 Å². The Hall–Kier alpha value is -0.770. The molecule has 9 heavy (non-hydrogen) atoms. The summed E-state index contributed by atoms with van der Waals surface area (Å²) in [7, 11) is 1.56. The van der Waals surface area contributed by atoms with Crippen LogP contribution in [0.4, 0.5) is 4.79 Å². The average molecular weight is 134 g/mol. The Morgan fingerprint density at radius 1 is 1.56 bits per heavy atom. The molecule has 0 amide bonds. The molecule has 54 valence electrons. The van der Waals surface area contributed by atoms with E-state index in [1.54, 1.807) is 7.11 Å². The summed E-state index contributed by atoms with van der Waals surface area (Å²) in [6, 6.07) is 0. The second kappa shape index (κ2) is 5.37. The number of carboxylic acid groups (broad SMARTS) is 1. The zero-order valence-corrected chi connectivity index (χ0v) is 5.29. The van der Waals surface area contributed by atoms with Gasteiger partial charge < -0.3 is 14.6 Å². The van der Waals surface area contributed by atoms with Gasteiger partial charge >= 0.3 is 6.16 Å². The van der Waals surface area contributed by atoms with Gasteiger partial charge in [0.05, 0.1) is 6.61 Å². The molecule has 0 aromatic rings. The van der Waals surface area contributed by atoms with Gasteiger partial charge in [0, 0.05) is 20.1 Å². The van der Waals surface area contributed by atoms with Gasteiger partial charge in [-0.1, -0.05) is 0 Å². The van der Waals surface area contributed by atoms with Gasteiger partial charge in [-0.05, 0) is 0 Å². The summed E-state index contributed by atoms with van der Waals surface area (Å²) in [5.41, 5.74) is 0. The van der Waals surface area contributed by atoms with E-state index in [1.165, 1.54) is 0 Å². The molecule has 0 fully saturated rings. The first-order chi connectivity index (χ1) is 4.27. The number of hydrogen-bond donors (Lipinski definition) is 1. The molecule has 4 heteroatoms. The van der Waals surface area contributed by atoms with Gasteiger partial charge in [0.15, 0.2) is 0 Å². The highest BCUT2D eigenvalue weighted by atomic mass is 16.7. The average Bonchev–Trinajstić information content (AvgIpc) is 1.80. The second-order valence-corrected chi connectivity index (χ2v) is 1.46. The van der Waals surface area contributed by atoms with Crippen LogP contribution in [0.15, 0.2) is 0 Å². The Morgan fingerprint density at radius 3 is 2.67 bits per heavy atom. The number of ether oxygens (including phenoxy) is 2. The van der Waals surface area contributed by atoms with E-state index in [0.717, 1.165) is 0 Å². The highest BCUT2D eigenvalue weighted by Gasteiger charge is 1.93. The standard InChI is InChI=1S/C5H10O4/c1-8-3-2-4-9-5(6)7/h2-4H2,1H3,(H,6,7). The third-order valence-electron chi connectivity index (χ3n) is 0.718. The van der Waals surface area contributed by atoms with Crippen molar-refractivity contribution in [1.82, 2.24) is 0 Å². The zero-order valence-electron chi connectivity index (χ0n) is 5.29.